The van der Waals surface area contributed by atoms with E-state index in [0.29, 0.717) is 0 Å². The third-order valence-electron chi connectivity index (χ3n) is 4.94. The molecule has 0 aromatic heterocycles. The van der Waals surface area contributed by atoms with Gasteiger partial charge in [-0.2, -0.15) is 0 Å². The van der Waals surface area contributed by atoms with Crippen molar-refractivity contribution in [2.45, 2.75) is 45.9 Å². The van der Waals surface area contributed by atoms with Crippen molar-refractivity contribution in [3.8, 4) is 0 Å². The fraction of sp³-hybridized carbons (Fsp3) is 0.429. The largest absolute Gasteiger partial charge is 0.393 e. The van der Waals surface area contributed by atoms with E-state index in [1.807, 2.05) is 0 Å². The lowest BCUT2D eigenvalue weighted by Crippen LogP contribution is -2.35. The Morgan fingerprint density at radius 2 is 1.79 bits per heavy atom. The van der Waals surface area contributed by atoms with E-state index in [0.717, 1.165) is 39.0 Å². The molecule has 0 saturated carbocycles. The van der Waals surface area contributed by atoms with E-state index in [4.69, 9.17) is 0 Å². The van der Waals surface area contributed by atoms with Gasteiger partial charge in [-0.05, 0) is 49.4 Å². The van der Waals surface area contributed by atoms with E-state index < -0.39 is 0 Å². The molecule has 24 heavy (non-hydrogen) atoms. The predicted molar refractivity (Wildman–Crippen MR) is 100 cm³/mol. The van der Waals surface area contributed by atoms with Crippen molar-refractivity contribution in [1.82, 2.24) is 4.90 Å². The highest BCUT2D eigenvalue weighted by molar-refractivity contribution is 5.51. The van der Waals surface area contributed by atoms with Crippen molar-refractivity contribution in [3.63, 3.8) is 0 Å². The van der Waals surface area contributed by atoms with Crippen molar-refractivity contribution < 1.29 is 5.11 Å². The van der Waals surface area contributed by atoms with Crippen LogP contribution in [0, 0.1) is 13.8 Å². The van der Waals surface area contributed by atoms with E-state index in [2.05, 4.69) is 66.5 Å². The van der Waals surface area contributed by atoms with Crippen LogP contribution in [0.2, 0.25) is 0 Å². The number of hydrogen-bond acceptors (Lipinski definition) is 3. The minimum Gasteiger partial charge on any atom is -0.393 e. The normalized spacial score (nSPS) is 16.3. The summed E-state index contributed by atoms with van der Waals surface area (Å²) in [6, 6.07) is 15.2. The van der Waals surface area contributed by atoms with Gasteiger partial charge in [0.05, 0.1) is 6.10 Å². The maximum Gasteiger partial charge on any atom is 0.0564 e. The zero-order chi connectivity index (χ0) is 16.9. The molecule has 0 radical (unpaired) electrons. The molecular formula is C21H28N2O. The Hall–Kier alpha value is -1.84. The Morgan fingerprint density at radius 3 is 2.54 bits per heavy atom. The molecule has 0 atom stereocenters. The minimum absolute atomic E-state index is 0.112. The zero-order valence-electron chi connectivity index (χ0n) is 14.8. The van der Waals surface area contributed by atoms with Crippen LogP contribution in [0.5, 0.6) is 0 Å². The fourth-order valence-corrected chi connectivity index (χ4v) is 3.38. The molecule has 0 spiro atoms. The summed E-state index contributed by atoms with van der Waals surface area (Å²) in [6.45, 7) is 8.06. The van der Waals surface area contributed by atoms with Crippen LogP contribution in [0.1, 0.15) is 35.1 Å². The molecule has 1 aliphatic heterocycles. The highest BCUT2D eigenvalue weighted by Crippen LogP contribution is 2.21. The van der Waals surface area contributed by atoms with Crippen LogP contribution in [-0.4, -0.2) is 29.2 Å². The van der Waals surface area contributed by atoms with Crippen molar-refractivity contribution in [3.05, 3.63) is 64.7 Å². The lowest BCUT2D eigenvalue weighted by atomic mass is 10.0. The standard InChI is InChI=1S/C21H28N2O/c1-16-7-8-18(17(2)13-16)14-22-21-6-4-3-5-19(21)15-23-11-9-20(24)10-12-23/h3-8,13,20,22,24H,9-12,14-15H2,1-2H3. The number of anilines is 1. The molecule has 2 aromatic rings. The van der Waals surface area contributed by atoms with E-state index in [1.54, 1.807) is 0 Å². The number of nitrogens with zero attached hydrogens (tertiary/aromatic N) is 1. The molecule has 3 heteroatoms. The molecule has 0 bridgehead atoms. The van der Waals surface area contributed by atoms with Gasteiger partial charge in [-0.3, -0.25) is 4.90 Å². The third-order valence-corrected chi connectivity index (χ3v) is 4.94. The van der Waals surface area contributed by atoms with Crippen LogP contribution in [0.3, 0.4) is 0 Å². The first-order valence-electron chi connectivity index (χ1n) is 8.90. The summed E-state index contributed by atoms with van der Waals surface area (Å²) in [7, 11) is 0. The Bertz CT molecular complexity index is 675. The molecule has 2 N–H and O–H groups in total. The lowest BCUT2D eigenvalue weighted by Gasteiger charge is -2.30. The highest BCUT2D eigenvalue weighted by Gasteiger charge is 2.17. The molecule has 1 saturated heterocycles. The summed E-state index contributed by atoms with van der Waals surface area (Å²) in [5.41, 5.74) is 6.53. The van der Waals surface area contributed by atoms with Crippen LogP contribution in [0.25, 0.3) is 0 Å². The van der Waals surface area contributed by atoms with Crippen molar-refractivity contribution >= 4 is 5.69 Å². The molecule has 3 rings (SSSR count). The number of hydrogen-bond donors (Lipinski definition) is 2. The fourth-order valence-electron chi connectivity index (χ4n) is 3.38. The van der Waals surface area contributed by atoms with Gasteiger partial charge in [0.1, 0.15) is 0 Å². The maximum absolute atomic E-state index is 9.66. The quantitative estimate of drug-likeness (QED) is 0.876. The Balaban J connectivity index is 1.65. The summed E-state index contributed by atoms with van der Waals surface area (Å²) < 4.78 is 0. The molecule has 2 aromatic carbocycles. The number of likely N-dealkylation sites (tertiary alicyclic amines) is 1. The van der Waals surface area contributed by atoms with Gasteiger partial charge in [-0.1, -0.05) is 42.0 Å². The van der Waals surface area contributed by atoms with Gasteiger partial charge in [-0.25, -0.2) is 0 Å². The number of piperidine rings is 1. The summed E-state index contributed by atoms with van der Waals surface area (Å²) in [4.78, 5) is 2.43. The molecule has 0 amide bonds. The topological polar surface area (TPSA) is 35.5 Å². The summed E-state index contributed by atoms with van der Waals surface area (Å²) in [5, 5.41) is 13.3. The van der Waals surface area contributed by atoms with Crippen molar-refractivity contribution in [1.29, 1.82) is 0 Å². The van der Waals surface area contributed by atoms with E-state index >= 15 is 0 Å². The van der Waals surface area contributed by atoms with Crippen LogP contribution in [0.4, 0.5) is 5.69 Å². The van der Waals surface area contributed by atoms with Gasteiger partial charge >= 0.3 is 0 Å². The van der Waals surface area contributed by atoms with Crippen LogP contribution < -0.4 is 5.32 Å². The first kappa shape index (κ1) is 17.0. The molecule has 0 aliphatic carbocycles. The Kier molecular flexibility index (Phi) is 5.54. The number of nitrogens with one attached hydrogen (secondary N) is 1. The third kappa shape index (κ3) is 4.37. The molecule has 1 fully saturated rings. The minimum atomic E-state index is -0.112. The second-order valence-electron chi connectivity index (χ2n) is 6.95. The number of para-hydroxylation sites is 1. The summed E-state index contributed by atoms with van der Waals surface area (Å²) >= 11 is 0. The molecule has 1 heterocycles. The Morgan fingerprint density at radius 1 is 1.04 bits per heavy atom. The number of aliphatic hydroxyl groups excluding tert-OH is 1. The van der Waals surface area contributed by atoms with Gasteiger partial charge in [0, 0.05) is 31.9 Å². The summed E-state index contributed by atoms with van der Waals surface area (Å²) in [6.07, 6.45) is 1.66. The second kappa shape index (κ2) is 7.82. The van der Waals surface area contributed by atoms with Crippen LogP contribution in [0.15, 0.2) is 42.5 Å². The van der Waals surface area contributed by atoms with E-state index in [1.165, 1.54) is 27.9 Å². The van der Waals surface area contributed by atoms with Gasteiger partial charge < -0.3 is 10.4 Å². The van der Waals surface area contributed by atoms with Gasteiger partial charge in [-0.15, -0.1) is 0 Å². The number of benzene rings is 2. The zero-order valence-corrected chi connectivity index (χ0v) is 14.8. The van der Waals surface area contributed by atoms with E-state index in [-0.39, 0.29) is 6.10 Å². The highest BCUT2D eigenvalue weighted by atomic mass is 16.3. The number of aryl methyl sites for hydroxylation is 2. The first-order chi connectivity index (χ1) is 11.6. The van der Waals surface area contributed by atoms with Crippen LogP contribution in [-0.2, 0) is 13.1 Å². The molecular weight excluding hydrogens is 296 g/mol. The predicted octanol–water partition coefficient (Wildman–Crippen LogP) is 3.87. The maximum atomic E-state index is 9.66. The smallest absolute Gasteiger partial charge is 0.0564 e. The van der Waals surface area contributed by atoms with Gasteiger partial charge in [0.25, 0.3) is 0 Å². The molecule has 0 unspecified atom stereocenters. The van der Waals surface area contributed by atoms with Crippen LogP contribution >= 0.6 is 0 Å². The van der Waals surface area contributed by atoms with Crippen molar-refractivity contribution in [2.24, 2.45) is 0 Å². The Labute approximate surface area is 145 Å². The first-order valence-corrected chi connectivity index (χ1v) is 8.90. The molecule has 3 nitrogen and oxygen atoms in total. The second-order valence-corrected chi connectivity index (χ2v) is 6.95. The SMILES string of the molecule is Cc1ccc(CNc2ccccc2CN2CCC(O)CC2)c(C)c1. The number of aliphatic hydroxyl groups is 1. The number of rotatable bonds is 5. The lowest BCUT2D eigenvalue weighted by molar-refractivity contribution is 0.0793. The molecule has 128 valence electrons. The average molecular weight is 324 g/mol. The monoisotopic (exact) mass is 324 g/mol. The summed E-state index contributed by atoms with van der Waals surface area (Å²) in [5.74, 6) is 0. The average Bonchev–Trinajstić information content (AvgIpc) is 2.57. The molecule has 1 aliphatic rings. The van der Waals surface area contributed by atoms with Crippen molar-refractivity contribution in [2.75, 3.05) is 18.4 Å². The van der Waals surface area contributed by atoms with E-state index in [9.17, 15) is 5.11 Å². The van der Waals surface area contributed by atoms with Gasteiger partial charge in [0.15, 0.2) is 0 Å². The van der Waals surface area contributed by atoms with Gasteiger partial charge in [0.2, 0.25) is 0 Å².